The monoisotopic (exact) mass is 804 g/mol. The molecule has 3 amide bonds. The summed E-state index contributed by atoms with van der Waals surface area (Å²) in [7, 11) is 1.28. The molecule has 2 aromatic carbocycles. The lowest BCUT2D eigenvalue weighted by Gasteiger charge is -2.32. The number of thiophene rings is 1. The van der Waals surface area contributed by atoms with Crippen LogP contribution in [0.4, 0.5) is 5.69 Å². The Morgan fingerprint density at radius 2 is 1.78 bits per heavy atom. The number of hydrogen-bond donors (Lipinski definition) is 3. The number of hydrogen-bond acceptors (Lipinski definition) is 10. The van der Waals surface area contributed by atoms with Gasteiger partial charge in [-0.15, -0.1) is 33.9 Å². The van der Waals surface area contributed by atoms with E-state index in [0.717, 1.165) is 38.1 Å². The Balaban J connectivity index is 0.00000580. The van der Waals surface area contributed by atoms with Crippen LogP contribution in [-0.4, -0.2) is 82.4 Å². The Bertz CT molecular complexity index is 2200. The van der Waals surface area contributed by atoms with Crippen molar-refractivity contribution in [2.24, 2.45) is 16.6 Å². The Morgan fingerprint density at radius 3 is 2.47 bits per heavy atom. The molecule has 0 aliphatic carbocycles. The van der Waals surface area contributed by atoms with Crippen molar-refractivity contribution in [2.45, 2.75) is 52.5 Å². The smallest absolute Gasteiger partial charge is 0.339 e. The number of aromatic nitrogens is 3. The molecule has 6 rings (SSSR count). The first-order valence-electron chi connectivity index (χ1n) is 17.6. The first-order valence-corrected chi connectivity index (χ1v) is 18.8. The molecule has 1 saturated heterocycles. The van der Waals surface area contributed by atoms with E-state index >= 15 is 0 Å². The van der Waals surface area contributed by atoms with Crippen LogP contribution in [0.15, 0.2) is 47.5 Å². The maximum Gasteiger partial charge on any atom is 0.339 e. The van der Waals surface area contributed by atoms with E-state index in [2.05, 4.69) is 46.5 Å². The van der Waals surface area contributed by atoms with Crippen LogP contribution in [0.3, 0.4) is 0 Å². The number of aliphatic imine (C=N–C) groups is 1. The zero-order chi connectivity index (χ0) is 38.5. The Labute approximate surface area is 334 Å². The third-order valence-corrected chi connectivity index (χ3v) is 11.1. The Morgan fingerprint density at radius 1 is 1.05 bits per heavy atom. The van der Waals surface area contributed by atoms with E-state index in [-0.39, 0.29) is 67.5 Å². The summed E-state index contributed by atoms with van der Waals surface area (Å²) < 4.78 is 6.83. The lowest BCUT2D eigenvalue weighted by Crippen LogP contribution is -2.43. The van der Waals surface area contributed by atoms with Gasteiger partial charge in [-0.25, -0.2) is 4.79 Å². The molecule has 55 heavy (non-hydrogen) atoms. The number of nitrogens with one attached hydrogen (secondary N) is 2. The van der Waals surface area contributed by atoms with Crippen molar-refractivity contribution in [1.29, 1.82) is 0 Å². The molecule has 4 N–H and O–H groups in total. The minimum absolute atomic E-state index is 0. The van der Waals surface area contributed by atoms with Crippen LogP contribution in [0.5, 0.6) is 0 Å². The van der Waals surface area contributed by atoms with Gasteiger partial charge in [0, 0.05) is 64.3 Å². The Hall–Kier alpha value is -5.07. The maximum atomic E-state index is 13.8. The highest BCUT2D eigenvalue weighted by Gasteiger charge is 2.34. The van der Waals surface area contributed by atoms with Crippen molar-refractivity contribution in [3.05, 3.63) is 91.8 Å². The number of halogens is 2. The highest BCUT2D eigenvalue weighted by molar-refractivity contribution is 7.15. The molecule has 0 unspecified atom stereocenters. The number of piperidine rings is 1. The molecule has 1 fully saturated rings. The van der Waals surface area contributed by atoms with Gasteiger partial charge < -0.3 is 26.0 Å². The standard InChI is InChI=1S/C39H41ClN8O5S.ClH/c1-22-23(2)54-38-34(22)35(25-7-9-28(40)10-8-25)44-31(36-46-45-24(3)48(36)38)21-33(50)47-18-14-26(15-19-47)37(51)42-17-13-32(49)43-29-11-12-30(39(52)53-4)27(20-29)6-5-16-41;/h7-12,20,26,31H,13-19,21,41H2,1-4H3,(H,42,51)(H,43,49);1H/t31-;/m0./s1. The number of rotatable bonds is 9. The van der Waals surface area contributed by atoms with Gasteiger partial charge in [0.15, 0.2) is 5.82 Å². The van der Waals surface area contributed by atoms with Crippen molar-refractivity contribution in [3.8, 4) is 16.8 Å². The van der Waals surface area contributed by atoms with Crippen LogP contribution < -0.4 is 16.4 Å². The van der Waals surface area contributed by atoms with Crippen LogP contribution in [0.2, 0.25) is 5.02 Å². The number of likely N-dealkylation sites (tertiary alicyclic amines) is 1. The van der Waals surface area contributed by atoms with Gasteiger partial charge in [-0.1, -0.05) is 35.6 Å². The molecule has 0 radical (unpaired) electrons. The third kappa shape index (κ3) is 9.08. The van der Waals surface area contributed by atoms with E-state index in [4.69, 9.17) is 27.1 Å². The number of fused-ring (bicyclic) bond motifs is 3. The predicted molar refractivity (Wildman–Crippen MR) is 214 cm³/mol. The molecule has 4 heterocycles. The number of aryl methyl sites for hydroxylation is 2. The largest absolute Gasteiger partial charge is 0.465 e. The number of amides is 3. The first kappa shape index (κ1) is 41.1. The van der Waals surface area contributed by atoms with E-state index in [0.29, 0.717) is 48.0 Å². The SMILES string of the molecule is COC(=O)c1ccc(NC(=O)CCNC(=O)C2CCN(C(=O)C[C@@H]3N=C(c4ccc(Cl)cc4)c4c(sc(C)c4C)-n4c(C)nnc43)CC2)cc1C#CCN.Cl. The number of esters is 1. The molecule has 2 aliphatic heterocycles. The molecular weight excluding hydrogens is 763 g/mol. The number of nitrogens with two attached hydrogens (primary N) is 1. The predicted octanol–water partition coefficient (Wildman–Crippen LogP) is 5.09. The van der Waals surface area contributed by atoms with Gasteiger partial charge in [0.25, 0.3) is 0 Å². The summed E-state index contributed by atoms with van der Waals surface area (Å²) in [6.07, 6.45) is 1.14. The van der Waals surface area contributed by atoms with Crippen LogP contribution in [0.1, 0.15) is 80.9 Å². The molecule has 2 aromatic heterocycles. The minimum atomic E-state index is -0.577. The zero-order valence-electron chi connectivity index (χ0n) is 30.9. The molecule has 0 bridgehead atoms. The van der Waals surface area contributed by atoms with Gasteiger partial charge in [-0.2, -0.15) is 0 Å². The Kier molecular flexibility index (Phi) is 13.5. The fourth-order valence-corrected chi connectivity index (χ4v) is 7.98. The summed E-state index contributed by atoms with van der Waals surface area (Å²) >= 11 is 7.89. The van der Waals surface area contributed by atoms with Gasteiger partial charge in [0.05, 0.1) is 31.4 Å². The molecule has 0 spiro atoms. The molecule has 4 aromatic rings. The fourth-order valence-electron chi connectivity index (χ4n) is 6.64. The van der Waals surface area contributed by atoms with E-state index in [1.807, 2.05) is 35.8 Å². The van der Waals surface area contributed by atoms with E-state index < -0.39 is 12.0 Å². The molecule has 2 aliphatic rings. The van der Waals surface area contributed by atoms with Crippen LogP contribution >= 0.6 is 35.3 Å². The molecular formula is C39H42Cl2N8O5S. The molecule has 0 saturated carbocycles. The number of ether oxygens (including phenoxy) is 1. The topological polar surface area (TPSA) is 174 Å². The average molecular weight is 806 g/mol. The molecule has 1 atom stereocenters. The zero-order valence-corrected chi connectivity index (χ0v) is 33.3. The highest BCUT2D eigenvalue weighted by atomic mass is 35.5. The summed E-state index contributed by atoms with van der Waals surface area (Å²) in [5.74, 6) is 5.49. The van der Waals surface area contributed by atoms with Gasteiger partial charge in [-0.3, -0.25) is 23.9 Å². The first-order chi connectivity index (χ1) is 26.0. The van der Waals surface area contributed by atoms with Crippen molar-refractivity contribution >= 4 is 70.4 Å². The lowest BCUT2D eigenvalue weighted by molar-refractivity contribution is -0.136. The van der Waals surface area contributed by atoms with Crippen LogP contribution in [0, 0.1) is 38.5 Å². The number of anilines is 1. The third-order valence-electron chi connectivity index (χ3n) is 9.63. The van der Waals surface area contributed by atoms with Crippen molar-refractivity contribution < 1.29 is 23.9 Å². The van der Waals surface area contributed by atoms with E-state index in [1.54, 1.807) is 28.4 Å². The summed E-state index contributed by atoms with van der Waals surface area (Å²) in [6, 6.07) is 11.7. The number of carbonyl (C=O) groups excluding carboxylic acids is 4. The molecule has 13 nitrogen and oxygen atoms in total. The van der Waals surface area contributed by atoms with Crippen molar-refractivity contribution in [2.75, 3.05) is 38.6 Å². The number of benzene rings is 2. The van der Waals surface area contributed by atoms with Gasteiger partial charge in [-0.05, 0) is 69.5 Å². The van der Waals surface area contributed by atoms with Crippen LogP contribution in [0.25, 0.3) is 5.00 Å². The summed E-state index contributed by atoms with van der Waals surface area (Å²) in [6.45, 7) is 7.17. The van der Waals surface area contributed by atoms with Crippen molar-refractivity contribution in [1.82, 2.24) is 25.0 Å². The van der Waals surface area contributed by atoms with Gasteiger partial charge in [0.2, 0.25) is 17.7 Å². The number of methoxy groups -OCH3 is 1. The average Bonchev–Trinajstić information content (AvgIpc) is 3.65. The fraction of sp³-hybridized carbons (Fsp3) is 0.359. The number of nitrogens with zero attached hydrogens (tertiary/aromatic N) is 5. The summed E-state index contributed by atoms with van der Waals surface area (Å²) in [5, 5.41) is 16.1. The summed E-state index contributed by atoms with van der Waals surface area (Å²) in [5.41, 5.74) is 10.4. The van der Waals surface area contributed by atoms with E-state index in [9.17, 15) is 19.2 Å². The normalized spacial score (nSPS) is 14.9. The highest BCUT2D eigenvalue weighted by Crippen LogP contribution is 2.40. The van der Waals surface area contributed by atoms with Gasteiger partial charge >= 0.3 is 5.97 Å². The maximum absolute atomic E-state index is 13.8. The van der Waals surface area contributed by atoms with Crippen LogP contribution in [-0.2, 0) is 19.1 Å². The second-order valence-electron chi connectivity index (χ2n) is 13.1. The minimum Gasteiger partial charge on any atom is -0.465 e. The van der Waals surface area contributed by atoms with E-state index in [1.165, 1.54) is 13.2 Å². The molecule has 16 heteroatoms. The number of carbonyl (C=O) groups is 4. The lowest BCUT2D eigenvalue weighted by atomic mass is 9.95. The quantitative estimate of drug-likeness (QED) is 0.155. The molecule has 288 valence electrons. The van der Waals surface area contributed by atoms with Crippen molar-refractivity contribution in [3.63, 3.8) is 0 Å². The summed E-state index contributed by atoms with van der Waals surface area (Å²) in [4.78, 5) is 59.8. The second kappa shape index (κ2) is 18.0. The van der Waals surface area contributed by atoms with Gasteiger partial charge in [0.1, 0.15) is 16.9 Å². The second-order valence-corrected chi connectivity index (χ2v) is 14.8.